The molecule has 1 aromatic carbocycles. The first-order valence-electron chi connectivity index (χ1n) is 7.68. The van der Waals surface area contributed by atoms with Gasteiger partial charge in [-0.2, -0.15) is 0 Å². The fourth-order valence-electron chi connectivity index (χ4n) is 2.42. The molecule has 1 N–H and O–H groups in total. The highest BCUT2D eigenvalue weighted by molar-refractivity contribution is 7.90. The molecule has 0 unspecified atom stereocenters. The number of pyridine rings is 1. The van der Waals surface area contributed by atoms with E-state index in [-0.39, 0.29) is 27.9 Å². The second-order valence-electron chi connectivity index (χ2n) is 5.48. The largest absolute Gasteiger partial charge is 0.495 e. The molecular weight excluding hydrogens is 375 g/mol. The molecule has 0 aliphatic rings. The number of halogens is 1. The van der Waals surface area contributed by atoms with Crippen molar-refractivity contribution in [1.29, 1.82) is 0 Å². The van der Waals surface area contributed by atoms with Crippen LogP contribution in [-0.4, -0.2) is 36.0 Å². The topological polar surface area (TPSA) is 103 Å². The van der Waals surface area contributed by atoms with Gasteiger partial charge in [-0.1, -0.05) is 12.1 Å². The summed E-state index contributed by atoms with van der Waals surface area (Å²) in [5.74, 6) is -1.39. The number of methoxy groups -OCH3 is 1. The Morgan fingerprint density at radius 2 is 1.96 bits per heavy atom. The summed E-state index contributed by atoms with van der Waals surface area (Å²) in [7, 11) is -1.32. The Labute approximate surface area is 154 Å². The summed E-state index contributed by atoms with van der Waals surface area (Å²) >= 11 is 0. The van der Waals surface area contributed by atoms with Gasteiger partial charge in [0, 0.05) is 19.4 Å². The van der Waals surface area contributed by atoms with Crippen LogP contribution in [0.1, 0.15) is 10.5 Å². The van der Waals surface area contributed by atoms with Crippen LogP contribution < -0.4 is 9.46 Å². The number of hydrogen-bond acceptors (Lipinski definition) is 6. The Balaban J connectivity index is 1.91. The van der Waals surface area contributed by atoms with Crippen LogP contribution in [0, 0.1) is 5.82 Å². The van der Waals surface area contributed by atoms with Gasteiger partial charge in [0.25, 0.3) is 15.9 Å². The zero-order valence-corrected chi connectivity index (χ0v) is 15.2. The number of sulfonamides is 1. The summed E-state index contributed by atoms with van der Waals surface area (Å²) in [6.45, 7) is 0. The molecule has 1 amide bonds. The molecule has 27 heavy (non-hydrogen) atoms. The molecule has 0 fully saturated rings. The number of hydrogen-bond donors (Lipinski definition) is 1. The van der Waals surface area contributed by atoms with Crippen LogP contribution in [-0.2, 0) is 17.1 Å². The predicted octanol–water partition coefficient (Wildman–Crippen LogP) is 1.75. The highest BCUT2D eigenvalue weighted by Crippen LogP contribution is 2.23. The average Bonchev–Trinajstić information content (AvgIpc) is 3.03. The predicted molar refractivity (Wildman–Crippen MR) is 94.0 cm³/mol. The van der Waals surface area contributed by atoms with Crippen LogP contribution in [0.25, 0.3) is 11.5 Å². The van der Waals surface area contributed by atoms with E-state index in [2.05, 4.69) is 9.97 Å². The van der Waals surface area contributed by atoms with Crippen LogP contribution in [0.15, 0.2) is 53.7 Å². The van der Waals surface area contributed by atoms with Gasteiger partial charge in [0.2, 0.25) is 0 Å². The molecule has 2 aromatic heterocycles. The van der Waals surface area contributed by atoms with Crippen molar-refractivity contribution in [2.45, 2.75) is 4.90 Å². The minimum Gasteiger partial charge on any atom is -0.495 e. The first kappa shape index (κ1) is 18.5. The first-order valence-corrected chi connectivity index (χ1v) is 9.16. The van der Waals surface area contributed by atoms with Crippen LogP contribution in [0.5, 0.6) is 5.75 Å². The maximum Gasteiger partial charge on any atom is 0.285 e. The third-order valence-corrected chi connectivity index (χ3v) is 5.04. The lowest BCUT2D eigenvalue weighted by Crippen LogP contribution is -2.31. The fraction of sp³-hybridized carbons (Fsp3) is 0.118. The molecule has 0 saturated heterocycles. The summed E-state index contributed by atoms with van der Waals surface area (Å²) in [5, 5.41) is 0. The smallest absolute Gasteiger partial charge is 0.285 e. The van der Waals surface area contributed by atoms with Crippen molar-refractivity contribution in [3.05, 3.63) is 60.3 Å². The molecule has 0 saturated carbocycles. The van der Waals surface area contributed by atoms with Crippen molar-refractivity contribution in [1.82, 2.24) is 19.3 Å². The SMILES string of the molecule is COc1ccccc1S(=O)(=O)NC(=O)c1cn(C)c(-c2ncccc2F)n1. The number of carbonyl (C=O) groups excluding carboxylic acids is 1. The highest BCUT2D eigenvalue weighted by Gasteiger charge is 2.25. The monoisotopic (exact) mass is 390 g/mol. The number of benzene rings is 1. The van der Waals surface area contributed by atoms with E-state index < -0.39 is 21.7 Å². The molecule has 140 valence electrons. The van der Waals surface area contributed by atoms with Gasteiger partial charge in [0.15, 0.2) is 11.6 Å². The maximum atomic E-state index is 13.9. The standard InChI is InChI=1S/C17H15FN4O4S/c1-22-10-12(20-16(22)15-11(18)6-5-9-19-15)17(23)21-27(24,25)14-8-4-3-7-13(14)26-2/h3-10H,1-2H3,(H,21,23). The number of carbonyl (C=O) groups is 1. The number of nitrogens with zero attached hydrogens (tertiary/aromatic N) is 3. The molecule has 8 nitrogen and oxygen atoms in total. The van der Waals surface area contributed by atoms with E-state index in [9.17, 15) is 17.6 Å². The Morgan fingerprint density at radius 3 is 2.67 bits per heavy atom. The number of aromatic nitrogens is 3. The summed E-state index contributed by atoms with van der Waals surface area (Å²) in [6, 6.07) is 8.51. The number of amides is 1. The Bertz CT molecular complexity index is 1110. The summed E-state index contributed by atoms with van der Waals surface area (Å²) < 4.78 is 47.2. The van der Waals surface area contributed by atoms with Crippen molar-refractivity contribution in [2.75, 3.05) is 7.11 Å². The van der Waals surface area contributed by atoms with Crippen LogP contribution >= 0.6 is 0 Å². The molecule has 0 aliphatic carbocycles. The molecule has 3 aromatic rings. The van der Waals surface area contributed by atoms with Crippen molar-refractivity contribution in [2.24, 2.45) is 7.05 Å². The molecule has 0 spiro atoms. The Hall–Kier alpha value is -3.27. The number of imidazole rings is 1. The van der Waals surface area contributed by atoms with Gasteiger partial charge < -0.3 is 9.30 Å². The first-order chi connectivity index (χ1) is 12.8. The molecular formula is C17H15FN4O4S. The van der Waals surface area contributed by atoms with E-state index in [0.29, 0.717) is 0 Å². The van der Waals surface area contributed by atoms with E-state index in [1.807, 2.05) is 4.72 Å². The van der Waals surface area contributed by atoms with Gasteiger partial charge >= 0.3 is 0 Å². The van der Waals surface area contributed by atoms with Gasteiger partial charge in [0.05, 0.1) is 7.11 Å². The van der Waals surface area contributed by atoms with Gasteiger partial charge in [-0.3, -0.25) is 4.79 Å². The second-order valence-corrected chi connectivity index (χ2v) is 7.13. The lowest BCUT2D eigenvalue weighted by atomic mass is 10.3. The molecule has 0 aliphatic heterocycles. The fourth-order valence-corrected chi connectivity index (χ4v) is 3.55. The lowest BCUT2D eigenvalue weighted by molar-refractivity contribution is 0.0977. The van der Waals surface area contributed by atoms with Crippen molar-refractivity contribution in [3.8, 4) is 17.3 Å². The van der Waals surface area contributed by atoms with Crippen LogP contribution in [0.2, 0.25) is 0 Å². The lowest BCUT2D eigenvalue weighted by Gasteiger charge is -2.09. The number of ether oxygens (including phenoxy) is 1. The zero-order chi connectivity index (χ0) is 19.6. The van der Waals surface area contributed by atoms with Gasteiger partial charge in [-0.15, -0.1) is 0 Å². The van der Waals surface area contributed by atoms with E-state index in [1.54, 1.807) is 13.1 Å². The number of rotatable bonds is 5. The average molecular weight is 390 g/mol. The number of para-hydroxylation sites is 1. The van der Waals surface area contributed by atoms with Crippen molar-refractivity contribution in [3.63, 3.8) is 0 Å². The minimum atomic E-state index is -4.19. The summed E-state index contributed by atoms with van der Waals surface area (Å²) in [5.41, 5.74) is -0.248. The Morgan fingerprint density at radius 1 is 1.22 bits per heavy atom. The normalized spacial score (nSPS) is 11.2. The molecule has 0 bridgehead atoms. The minimum absolute atomic E-state index is 0.0494. The zero-order valence-electron chi connectivity index (χ0n) is 14.4. The van der Waals surface area contributed by atoms with Crippen molar-refractivity contribution < 1.29 is 22.3 Å². The van der Waals surface area contributed by atoms with Crippen LogP contribution in [0.3, 0.4) is 0 Å². The third kappa shape index (κ3) is 3.65. The Kier molecular flexibility index (Phi) is 4.91. The van der Waals surface area contributed by atoms with Gasteiger partial charge in [-0.05, 0) is 24.3 Å². The molecule has 2 heterocycles. The van der Waals surface area contributed by atoms with E-state index >= 15 is 0 Å². The molecule has 0 radical (unpaired) electrons. The highest BCUT2D eigenvalue weighted by atomic mass is 32.2. The molecule has 0 atom stereocenters. The van der Waals surface area contributed by atoms with Gasteiger partial charge in [-0.25, -0.2) is 27.5 Å². The van der Waals surface area contributed by atoms with Gasteiger partial charge in [0.1, 0.15) is 22.0 Å². The third-order valence-electron chi connectivity index (χ3n) is 3.66. The van der Waals surface area contributed by atoms with E-state index in [1.165, 1.54) is 54.4 Å². The second kappa shape index (κ2) is 7.16. The van der Waals surface area contributed by atoms with Crippen molar-refractivity contribution >= 4 is 15.9 Å². The molecule has 10 heteroatoms. The number of aryl methyl sites for hydroxylation is 1. The maximum absolute atomic E-state index is 13.9. The summed E-state index contributed by atoms with van der Waals surface area (Å²) in [4.78, 5) is 20.1. The summed E-state index contributed by atoms with van der Waals surface area (Å²) in [6.07, 6.45) is 2.68. The molecule has 3 rings (SSSR count). The quantitative estimate of drug-likeness (QED) is 0.712. The van der Waals surface area contributed by atoms with E-state index in [0.717, 1.165) is 0 Å². The van der Waals surface area contributed by atoms with Crippen LogP contribution in [0.4, 0.5) is 4.39 Å². The van der Waals surface area contributed by atoms with E-state index in [4.69, 9.17) is 4.74 Å². The number of nitrogens with one attached hydrogen (secondary N) is 1.